The lowest BCUT2D eigenvalue weighted by Crippen LogP contribution is -2.47. The standard InChI is InChI=1S/C14H28O5Si/c1-7-10-16-20(6,17-11-8-2)19-13(9-3)18-14(15)12(4)5/h13H,4,7-11H2,1-3,5-6H3. The molecule has 0 aromatic carbocycles. The molecule has 0 aliphatic heterocycles. The second kappa shape index (κ2) is 10.1. The van der Waals surface area contributed by atoms with Crippen LogP contribution in [0.5, 0.6) is 0 Å². The minimum atomic E-state index is -2.78. The van der Waals surface area contributed by atoms with Gasteiger partial charge in [-0.2, -0.15) is 0 Å². The van der Waals surface area contributed by atoms with E-state index in [1.54, 1.807) is 6.92 Å². The van der Waals surface area contributed by atoms with Crippen molar-refractivity contribution in [1.29, 1.82) is 0 Å². The number of rotatable bonds is 11. The van der Waals surface area contributed by atoms with Crippen molar-refractivity contribution in [2.45, 2.75) is 59.8 Å². The fourth-order valence-corrected chi connectivity index (χ4v) is 3.40. The summed E-state index contributed by atoms with van der Waals surface area (Å²) in [5, 5.41) is 0. The summed E-state index contributed by atoms with van der Waals surface area (Å²) >= 11 is 0. The van der Waals surface area contributed by atoms with Gasteiger partial charge in [-0.1, -0.05) is 27.4 Å². The van der Waals surface area contributed by atoms with Crippen LogP contribution in [0.4, 0.5) is 0 Å². The highest BCUT2D eigenvalue weighted by molar-refractivity contribution is 6.59. The molecule has 0 fully saturated rings. The quantitative estimate of drug-likeness (QED) is 0.254. The summed E-state index contributed by atoms with van der Waals surface area (Å²) in [4.78, 5) is 11.6. The molecule has 0 amide bonds. The summed E-state index contributed by atoms with van der Waals surface area (Å²) in [6.45, 7) is 14.0. The molecule has 20 heavy (non-hydrogen) atoms. The van der Waals surface area contributed by atoms with E-state index >= 15 is 0 Å². The van der Waals surface area contributed by atoms with Gasteiger partial charge >= 0.3 is 14.8 Å². The van der Waals surface area contributed by atoms with E-state index in [0.717, 1.165) is 12.8 Å². The molecule has 0 bridgehead atoms. The summed E-state index contributed by atoms with van der Waals surface area (Å²) in [6.07, 6.45) is 1.63. The van der Waals surface area contributed by atoms with Gasteiger partial charge in [0.2, 0.25) is 0 Å². The zero-order chi connectivity index (χ0) is 15.6. The Labute approximate surface area is 123 Å². The molecular formula is C14H28O5Si. The first-order chi connectivity index (χ1) is 9.38. The van der Waals surface area contributed by atoms with Crippen molar-refractivity contribution in [3.05, 3.63) is 12.2 Å². The largest absolute Gasteiger partial charge is 0.500 e. The average molecular weight is 304 g/mol. The van der Waals surface area contributed by atoms with E-state index in [4.69, 9.17) is 18.0 Å². The first kappa shape index (κ1) is 19.3. The third-order valence-electron chi connectivity index (χ3n) is 2.40. The maximum absolute atomic E-state index is 11.6. The molecule has 0 aromatic heterocycles. The van der Waals surface area contributed by atoms with E-state index in [1.165, 1.54) is 0 Å². The molecule has 1 unspecified atom stereocenters. The van der Waals surface area contributed by atoms with Crippen LogP contribution in [0.2, 0.25) is 6.55 Å². The Bertz CT molecular complexity index is 298. The van der Waals surface area contributed by atoms with Gasteiger partial charge in [-0.05, 0) is 19.8 Å². The van der Waals surface area contributed by atoms with E-state index in [-0.39, 0.29) is 0 Å². The molecule has 6 heteroatoms. The summed E-state index contributed by atoms with van der Waals surface area (Å²) in [7, 11) is -2.78. The molecule has 0 aliphatic rings. The van der Waals surface area contributed by atoms with Gasteiger partial charge in [-0.15, -0.1) is 0 Å². The molecule has 0 spiro atoms. The zero-order valence-electron chi connectivity index (χ0n) is 13.4. The molecule has 0 rings (SSSR count). The number of ether oxygens (including phenoxy) is 1. The van der Waals surface area contributed by atoms with Crippen LogP contribution >= 0.6 is 0 Å². The Morgan fingerprint density at radius 3 is 2.00 bits per heavy atom. The number of esters is 1. The van der Waals surface area contributed by atoms with Crippen LogP contribution in [0.25, 0.3) is 0 Å². The first-order valence-electron chi connectivity index (χ1n) is 7.20. The number of hydrogen-bond donors (Lipinski definition) is 0. The number of hydrogen-bond acceptors (Lipinski definition) is 5. The molecule has 0 saturated carbocycles. The highest BCUT2D eigenvalue weighted by Crippen LogP contribution is 2.17. The lowest BCUT2D eigenvalue weighted by atomic mass is 10.3. The second-order valence-electron chi connectivity index (χ2n) is 4.70. The van der Waals surface area contributed by atoms with Crippen molar-refractivity contribution in [3.8, 4) is 0 Å². The molecule has 0 heterocycles. The van der Waals surface area contributed by atoms with Crippen molar-refractivity contribution < 1.29 is 22.8 Å². The SMILES string of the molecule is C=C(C)C(=O)OC(CC)O[Si](C)(OCCC)OCCC. The average Bonchev–Trinajstić information content (AvgIpc) is 2.42. The normalized spacial score (nSPS) is 13.1. The summed E-state index contributed by atoms with van der Waals surface area (Å²) < 4.78 is 22.5. The van der Waals surface area contributed by atoms with Gasteiger partial charge in [0, 0.05) is 31.8 Å². The predicted octanol–water partition coefficient (Wildman–Crippen LogP) is 3.28. The molecule has 0 saturated heterocycles. The Morgan fingerprint density at radius 1 is 1.15 bits per heavy atom. The Hall–Kier alpha value is -0.693. The van der Waals surface area contributed by atoms with Crippen LogP contribution in [0, 0.1) is 0 Å². The molecule has 0 aliphatic carbocycles. The highest BCUT2D eigenvalue weighted by Gasteiger charge is 2.38. The molecule has 5 nitrogen and oxygen atoms in total. The van der Waals surface area contributed by atoms with Gasteiger partial charge in [0.15, 0.2) is 6.29 Å². The second-order valence-corrected chi connectivity index (χ2v) is 7.24. The van der Waals surface area contributed by atoms with Crippen LogP contribution in [-0.4, -0.2) is 34.3 Å². The maximum atomic E-state index is 11.6. The van der Waals surface area contributed by atoms with E-state index < -0.39 is 21.1 Å². The van der Waals surface area contributed by atoms with Gasteiger partial charge in [-0.3, -0.25) is 0 Å². The monoisotopic (exact) mass is 304 g/mol. The third-order valence-corrected chi connectivity index (χ3v) is 4.55. The fraction of sp³-hybridized carbons (Fsp3) is 0.786. The lowest BCUT2D eigenvalue weighted by molar-refractivity contribution is -0.166. The third kappa shape index (κ3) is 7.79. The predicted molar refractivity (Wildman–Crippen MR) is 80.2 cm³/mol. The molecule has 0 N–H and O–H groups in total. The van der Waals surface area contributed by atoms with Gasteiger partial charge in [0.05, 0.1) is 0 Å². The van der Waals surface area contributed by atoms with Crippen LogP contribution in [0.3, 0.4) is 0 Å². The molecule has 0 radical (unpaired) electrons. The van der Waals surface area contributed by atoms with Crippen molar-refractivity contribution in [1.82, 2.24) is 0 Å². The van der Waals surface area contributed by atoms with Crippen LogP contribution in [-0.2, 0) is 22.8 Å². The van der Waals surface area contributed by atoms with Crippen LogP contribution < -0.4 is 0 Å². The van der Waals surface area contributed by atoms with Crippen molar-refractivity contribution in [3.63, 3.8) is 0 Å². The fourth-order valence-electron chi connectivity index (χ4n) is 1.33. The Morgan fingerprint density at radius 2 is 1.65 bits per heavy atom. The van der Waals surface area contributed by atoms with Crippen LogP contribution in [0.15, 0.2) is 12.2 Å². The van der Waals surface area contributed by atoms with Crippen molar-refractivity contribution in [2.24, 2.45) is 0 Å². The minimum Gasteiger partial charge on any atom is -0.433 e. The smallest absolute Gasteiger partial charge is 0.433 e. The van der Waals surface area contributed by atoms with Gasteiger partial charge in [0.25, 0.3) is 0 Å². The van der Waals surface area contributed by atoms with E-state index in [1.807, 2.05) is 27.3 Å². The van der Waals surface area contributed by atoms with E-state index in [2.05, 4.69) is 6.58 Å². The highest BCUT2D eigenvalue weighted by atomic mass is 28.4. The maximum Gasteiger partial charge on any atom is 0.500 e. The summed E-state index contributed by atoms with van der Waals surface area (Å²) in [5.41, 5.74) is 0.347. The number of carbonyl (C=O) groups is 1. The molecular weight excluding hydrogens is 276 g/mol. The van der Waals surface area contributed by atoms with Gasteiger partial charge < -0.3 is 18.0 Å². The molecule has 118 valence electrons. The summed E-state index contributed by atoms with van der Waals surface area (Å²) in [5.74, 6) is -0.459. The van der Waals surface area contributed by atoms with Crippen molar-refractivity contribution >= 4 is 14.8 Å². The van der Waals surface area contributed by atoms with Crippen molar-refractivity contribution in [2.75, 3.05) is 13.2 Å². The Kier molecular flexibility index (Phi) is 9.74. The first-order valence-corrected chi connectivity index (χ1v) is 9.43. The minimum absolute atomic E-state index is 0.347. The van der Waals surface area contributed by atoms with E-state index in [9.17, 15) is 4.79 Å². The topological polar surface area (TPSA) is 54.0 Å². The Balaban J connectivity index is 4.63. The van der Waals surface area contributed by atoms with Gasteiger partial charge in [0.1, 0.15) is 0 Å². The van der Waals surface area contributed by atoms with Crippen LogP contribution in [0.1, 0.15) is 47.0 Å². The van der Waals surface area contributed by atoms with E-state index in [0.29, 0.717) is 25.2 Å². The lowest BCUT2D eigenvalue weighted by Gasteiger charge is -2.30. The molecule has 0 aromatic rings. The molecule has 1 atom stereocenters. The summed E-state index contributed by atoms with van der Waals surface area (Å²) in [6, 6.07) is 0. The number of carbonyl (C=O) groups excluding carboxylic acids is 1. The van der Waals surface area contributed by atoms with Gasteiger partial charge in [-0.25, -0.2) is 4.79 Å². The zero-order valence-corrected chi connectivity index (χ0v) is 14.4.